The van der Waals surface area contributed by atoms with E-state index in [4.69, 9.17) is 0 Å². The lowest BCUT2D eigenvalue weighted by Gasteiger charge is -2.40. The van der Waals surface area contributed by atoms with Gasteiger partial charge in [0.05, 0.1) is 0 Å². The van der Waals surface area contributed by atoms with E-state index in [-0.39, 0.29) is 0 Å². The minimum Gasteiger partial charge on any atom is -0.316 e. The molecule has 0 spiro atoms. The van der Waals surface area contributed by atoms with Gasteiger partial charge in [-0.2, -0.15) is 0 Å². The van der Waals surface area contributed by atoms with Crippen LogP contribution in [-0.4, -0.2) is 62.2 Å². The second-order valence-corrected chi connectivity index (χ2v) is 6.00. The summed E-state index contributed by atoms with van der Waals surface area (Å²) in [5.74, 6) is 1.78. The molecule has 2 heterocycles. The van der Waals surface area contributed by atoms with Crippen molar-refractivity contribution in [3.63, 3.8) is 0 Å². The van der Waals surface area contributed by atoms with Crippen molar-refractivity contribution in [3.05, 3.63) is 0 Å². The van der Waals surface area contributed by atoms with Crippen LogP contribution in [0.25, 0.3) is 0 Å². The predicted molar refractivity (Wildman–Crippen MR) is 73.3 cm³/mol. The molecule has 1 unspecified atom stereocenters. The molecule has 0 aliphatic carbocycles. The Labute approximate surface area is 107 Å². The molecule has 0 bridgehead atoms. The van der Waals surface area contributed by atoms with Crippen molar-refractivity contribution in [2.45, 2.75) is 32.7 Å². The second-order valence-electron chi connectivity index (χ2n) is 6.00. The molecule has 2 fully saturated rings. The maximum Gasteiger partial charge on any atom is 0.0117 e. The quantitative estimate of drug-likeness (QED) is 0.779. The van der Waals surface area contributed by atoms with Crippen LogP contribution in [0.15, 0.2) is 0 Å². The molecule has 0 amide bonds. The number of likely N-dealkylation sites (tertiary alicyclic amines) is 1. The van der Waals surface area contributed by atoms with E-state index in [9.17, 15) is 0 Å². The molecule has 3 heteroatoms. The van der Waals surface area contributed by atoms with Crippen LogP contribution >= 0.6 is 0 Å². The molecule has 100 valence electrons. The molecular weight excluding hydrogens is 210 g/mol. The molecule has 2 aliphatic heterocycles. The summed E-state index contributed by atoms with van der Waals surface area (Å²) in [4.78, 5) is 5.19. The average molecular weight is 239 g/mol. The van der Waals surface area contributed by atoms with Crippen molar-refractivity contribution in [1.29, 1.82) is 0 Å². The van der Waals surface area contributed by atoms with E-state index in [0.29, 0.717) is 0 Å². The first-order chi connectivity index (χ1) is 8.20. The molecular formula is C14H29N3. The van der Waals surface area contributed by atoms with Gasteiger partial charge < -0.3 is 15.1 Å². The number of hydrogen-bond acceptors (Lipinski definition) is 3. The van der Waals surface area contributed by atoms with Crippen LogP contribution < -0.4 is 5.32 Å². The summed E-state index contributed by atoms with van der Waals surface area (Å²) in [7, 11) is 2.33. The second kappa shape index (κ2) is 6.17. The molecule has 17 heavy (non-hydrogen) atoms. The molecule has 3 nitrogen and oxygen atoms in total. The highest BCUT2D eigenvalue weighted by Gasteiger charge is 2.27. The molecule has 0 radical (unpaired) electrons. The first kappa shape index (κ1) is 13.3. The van der Waals surface area contributed by atoms with Crippen LogP contribution in [-0.2, 0) is 0 Å². The van der Waals surface area contributed by atoms with Gasteiger partial charge in [0.25, 0.3) is 0 Å². The Kier molecular flexibility index (Phi) is 4.83. The van der Waals surface area contributed by atoms with Crippen molar-refractivity contribution in [2.24, 2.45) is 11.8 Å². The van der Waals surface area contributed by atoms with Gasteiger partial charge in [0, 0.05) is 12.6 Å². The molecule has 2 saturated heterocycles. The number of piperidine rings is 1. The fourth-order valence-electron chi connectivity index (χ4n) is 3.14. The number of nitrogens with one attached hydrogen (secondary N) is 1. The van der Waals surface area contributed by atoms with Crippen molar-refractivity contribution in [3.8, 4) is 0 Å². The van der Waals surface area contributed by atoms with E-state index in [0.717, 1.165) is 17.9 Å². The van der Waals surface area contributed by atoms with Crippen LogP contribution in [0.4, 0.5) is 0 Å². The Bertz CT molecular complexity index is 220. The fraction of sp³-hybridized carbons (Fsp3) is 1.00. The third kappa shape index (κ3) is 3.43. The summed E-state index contributed by atoms with van der Waals surface area (Å²) in [6.07, 6.45) is 2.72. The van der Waals surface area contributed by atoms with Gasteiger partial charge >= 0.3 is 0 Å². The zero-order valence-corrected chi connectivity index (χ0v) is 11.8. The van der Waals surface area contributed by atoms with Gasteiger partial charge in [-0.15, -0.1) is 0 Å². The van der Waals surface area contributed by atoms with Gasteiger partial charge in [-0.3, -0.25) is 0 Å². The molecule has 2 aliphatic rings. The molecule has 0 saturated carbocycles. The molecule has 0 aromatic rings. The van der Waals surface area contributed by atoms with E-state index in [1.54, 1.807) is 0 Å². The Hall–Kier alpha value is -0.120. The zero-order chi connectivity index (χ0) is 12.3. The maximum absolute atomic E-state index is 3.38. The molecule has 2 rings (SSSR count). The van der Waals surface area contributed by atoms with Gasteiger partial charge in [0.15, 0.2) is 0 Å². The van der Waals surface area contributed by atoms with Crippen LogP contribution in [0.3, 0.4) is 0 Å². The summed E-state index contributed by atoms with van der Waals surface area (Å²) in [5, 5.41) is 3.38. The third-order valence-corrected chi connectivity index (χ3v) is 4.82. The zero-order valence-electron chi connectivity index (χ0n) is 11.8. The monoisotopic (exact) mass is 239 g/mol. The smallest absolute Gasteiger partial charge is 0.0117 e. The topological polar surface area (TPSA) is 18.5 Å². The SMILES string of the molecule is CCN1CCC(N(C)CC(C)C2CNC2)CC1. The van der Waals surface area contributed by atoms with Crippen LogP contribution in [0.1, 0.15) is 26.7 Å². The van der Waals surface area contributed by atoms with E-state index in [1.807, 2.05) is 0 Å². The van der Waals surface area contributed by atoms with E-state index >= 15 is 0 Å². The lowest BCUT2D eigenvalue weighted by Crippen LogP contribution is -2.50. The molecule has 0 aromatic heterocycles. The summed E-state index contributed by atoms with van der Waals surface area (Å²) < 4.78 is 0. The Morgan fingerprint density at radius 2 is 1.94 bits per heavy atom. The average Bonchev–Trinajstić information content (AvgIpc) is 2.26. The normalized spacial score (nSPS) is 26.1. The maximum atomic E-state index is 3.38. The van der Waals surface area contributed by atoms with Crippen molar-refractivity contribution in [1.82, 2.24) is 15.1 Å². The summed E-state index contributed by atoms with van der Waals surface area (Å²) >= 11 is 0. The Balaban J connectivity index is 1.70. The van der Waals surface area contributed by atoms with Crippen molar-refractivity contribution in [2.75, 3.05) is 46.3 Å². The Morgan fingerprint density at radius 1 is 1.29 bits per heavy atom. The largest absolute Gasteiger partial charge is 0.316 e. The van der Waals surface area contributed by atoms with Gasteiger partial charge in [-0.25, -0.2) is 0 Å². The van der Waals surface area contributed by atoms with Gasteiger partial charge in [0.1, 0.15) is 0 Å². The summed E-state index contributed by atoms with van der Waals surface area (Å²) in [6, 6.07) is 0.827. The third-order valence-electron chi connectivity index (χ3n) is 4.82. The number of rotatable bonds is 5. The van der Waals surface area contributed by atoms with Crippen molar-refractivity contribution >= 4 is 0 Å². The number of nitrogens with zero attached hydrogens (tertiary/aromatic N) is 2. The minimum absolute atomic E-state index is 0.827. The highest BCUT2D eigenvalue weighted by molar-refractivity contribution is 4.83. The van der Waals surface area contributed by atoms with Crippen LogP contribution in [0.2, 0.25) is 0 Å². The first-order valence-electron chi connectivity index (χ1n) is 7.34. The van der Waals surface area contributed by atoms with Gasteiger partial charge in [0.2, 0.25) is 0 Å². The molecule has 1 atom stereocenters. The standard InChI is InChI=1S/C14H29N3/c1-4-17-7-5-14(6-8-17)16(3)11-12(2)13-9-15-10-13/h12-15H,4-11H2,1-3H3. The highest BCUT2D eigenvalue weighted by Crippen LogP contribution is 2.20. The van der Waals surface area contributed by atoms with Crippen LogP contribution in [0.5, 0.6) is 0 Å². The summed E-state index contributed by atoms with van der Waals surface area (Å²) in [6.45, 7) is 12.3. The highest BCUT2D eigenvalue weighted by atomic mass is 15.2. The predicted octanol–water partition coefficient (Wildman–Crippen LogP) is 1.26. The van der Waals surface area contributed by atoms with Gasteiger partial charge in [-0.05, 0) is 64.4 Å². The van der Waals surface area contributed by atoms with Crippen molar-refractivity contribution < 1.29 is 0 Å². The Morgan fingerprint density at radius 3 is 2.41 bits per heavy atom. The van der Waals surface area contributed by atoms with E-state index in [1.165, 1.54) is 52.1 Å². The minimum atomic E-state index is 0.827. The van der Waals surface area contributed by atoms with E-state index < -0.39 is 0 Å². The summed E-state index contributed by atoms with van der Waals surface area (Å²) in [5.41, 5.74) is 0. The number of hydrogen-bond donors (Lipinski definition) is 1. The lowest BCUT2D eigenvalue weighted by atomic mass is 9.88. The first-order valence-corrected chi connectivity index (χ1v) is 7.34. The fourth-order valence-corrected chi connectivity index (χ4v) is 3.14. The van der Waals surface area contributed by atoms with Gasteiger partial charge in [-0.1, -0.05) is 13.8 Å². The molecule has 0 aromatic carbocycles. The van der Waals surface area contributed by atoms with Crippen LogP contribution in [0, 0.1) is 11.8 Å². The molecule has 1 N–H and O–H groups in total. The van der Waals surface area contributed by atoms with E-state index in [2.05, 4.69) is 36.0 Å². The lowest BCUT2D eigenvalue weighted by molar-refractivity contribution is 0.102.